The van der Waals surface area contributed by atoms with Gasteiger partial charge in [0.15, 0.2) is 0 Å². The van der Waals surface area contributed by atoms with Crippen molar-refractivity contribution in [2.75, 3.05) is 0 Å². The number of allylic oxidation sites excluding steroid dienone is 2. The van der Waals surface area contributed by atoms with Gasteiger partial charge in [0.2, 0.25) is 0 Å². The van der Waals surface area contributed by atoms with Crippen LogP contribution in [0.2, 0.25) is 0 Å². The van der Waals surface area contributed by atoms with Crippen LogP contribution in [0.25, 0.3) is 0 Å². The third-order valence-corrected chi connectivity index (χ3v) is 4.33. The zero-order valence-corrected chi connectivity index (χ0v) is 7.96. The third-order valence-electron chi connectivity index (χ3n) is 4.33. The molecule has 0 radical (unpaired) electrons. The second-order valence-corrected chi connectivity index (χ2v) is 4.96. The quantitative estimate of drug-likeness (QED) is 0.519. The zero-order chi connectivity index (χ0) is 8.89. The van der Waals surface area contributed by atoms with E-state index in [1.807, 2.05) is 0 Å². The van der Waals surface area contributed by atoms with E-state index in [1.165, 1.54) is 38.5 Å². The normalized spacial score (nSPS) is 47.8. The molecule has 2 saturated carbocycles. The van der Waals surface area contributed by atoms with Gasteiger partial charge in [0.05, 0.1) is 0 Å². The Bertz CT molecular complexity index is 279. The number of Topliss-reactive ketones (excluding diaryl/α,β-unsaturated/α-hetero) is 1. The van der Waals surface area contributed by atoms with Crippen LogP contribution in [0, 0.1) is 17.3 Å². The fraction of sp³-hybridized carbons (Fsp3) is 0.750. The summed E-state index contributed by atoms with van der Waals surface area (Å²) in [6, 6.07) is 0. The first-order valence-corrected chi connectivity index (χ1v) is 5.53. The first kappa shape index (κ1) is 7.78. The third kappa shape index (κ3) is 0.905. The van der Waals surface area contributed by atoms with Crippen LogP contribution in [0.3, 0.4) is 0 Å². The van der Waals surface area contributed by atoms with Crippen LogP contribution in [0.1, 0.15) is 38.5 Å². The van der Waals surface area contributed by atoms with Gasteiger partial charge >= 0.3 is 0 Å². The van der Waals surface area contributed by atoms with Crippen molar-refractivity contribution in [2.24, 2.45) is 17.3 Å². The molecule has 0 unspecified atom stereocenters. The minimum atomic E-state index is 0.332. The maximum atomic E-state index is 11.8. The van der Waals surface area contributed by atoms with Gasteiger partial charge < -0.3 is 0 Å². The fourth-order valence-corrected chi connectivity index (χ4v) is 3.72. The van der Waals surface area contributed by atoms with Crippen molar-refractivity contribution in [2.45, 2.75) is 38.5 Å². The van der Waals surface area contributed by atoms with Gasteiger partial charge in [-0.3, -0.25) is 4.79 Å². The van der Waals surface area contributed by atoms with Crippen LogP contribution >= 0.6 is 0 Å². The lowest BCUT2D eigenvalue weighted by atomic mass is 9.68. The lowest BCUT2D eigenvalue weighted by Crippen LogP contribution is -2.28. The van der Waals surface area contributed by atoms with E-state index in [0.717, 1.165) is 0 Å². The molecule has 0 aromatic carbocycles. The highest BCUT2D eigenvalue weighted by molar-refractivity contribution is 5.89. The van der Waals surface area contributed by atoms with Gasteiger partial charge in [-0.25, -0.2) is 0 Å². The predicted molar refractivity (Wildman–Crippen MR) is 51.3 cm³/mol. The zero-order valence-electron chi connectivity index (χ0n) is 7.96. The molecule has 0 amide bonds. The molecule has 2 fully saturated rings. The van der Waals surface area contributed by atoms with Gasteiger partial charge in [0.25, 0.3) is 0 Å². The van der Waals surface area contributed by atoms with Crippen molar-refractivity contribution in [1.82, 2.24) is 0 Å². The Morgan fingerprint density at radius 3 is 2.85 bits per heavy atom. The molecule has 0 aromatic heterocycles. The lowest BCUT2D eigenvalue weighted by Gasteiger charge is -2.35. The van der Waals surface area contributed by atoms with Crippen molar-refractivity contribution in [3.05, 3.63) is 12.2 Å². The van der Waals surface area contributed by atoms with Crippen LogP contribution in [-0.4, -0.2) is 5.78 Å². The van der Waals surface area contributed by atoms with Crippen LogP contribution < -0.4 is 0 Å². The maximum absolute atomic E-state index is 11.8. The highest BCUT2D eigenvalue weighted by atomic mass is 16.1. The summed E-state index contributed by atoms with van der Waals surface area (Å²) < 4.78 is 0. The highest BCUT2D eigenvalue weighted by Crippen LogP contribution is 2.57. The summed E-state index contributed by atoms with van der Waals surface area (Å²) in [5.41, 5.74) is 0.332. The molecule has 70 valence electrons. The SMILES string of the molecule is O=C1[C@H]2CC[C@@H]1[C@@]1(C=CCCC1)C2. The predicted octanol–water partition coefficient (Wildman–Crippen LogP) is 2.71. The van der Waals surface area contributed by atoms with Gasteiger partial charge in [0.1, 0.15) is 5.78 Å². The average Bonchev–Trinajstić information content (AvgIpc) is 2.61. The molecule has 1 heteroatoms. The second kappa shape index (κ2) is 2.46. The Morgan fingerprint density at radius 2 is 2.31 bits per heavy atom. The second-order valence-electron chi connectivity index (χ2n) is 4.96. The number of ketones is 1. The number of carbonyl (C=O) groups excluding carboxylic acids is 1. The molecular weight excluding hydrogens is 160 g/mol. The van der Waals surface area contributed by atoms with Crippen molar-refractivity contribution < 1.29 is 4.79 Å². The summed E-state index contributed by atoms with van der Waals surface area (Å²) >= 11 is 0. The van der Waals surface area contributed by atoms with Gasteiger partial charge in [-0.1, -0.05) is 12.2 Å². The van der Waals surface area contributed by atoms with Crippen LogP contribution in [0.5, 0.6) is 0 Å². The van der Waals surface area contributed by atoms with Gasteiger partial charge in [-0.15, -0.1) is 0 Å². The molecule has 0 saturated heterocycles. The summed E-state index contributed by atoms with van der Waals surface area (Å²) in [5, 5.41) is 0. The Hall–Kier alpha value is -0.590. The van der Waals surface area contributed by atoms with Crippen LogP contribution in [-0.2, 0) is 4.79 Å². The molecule has 1 spiro atoms. The van der Waals surface area contributed by atoms with E-state index in [-0.39, 0.29) is 0 Å². The topological polar surface area (TPSA) is 17.1 Å². The van der Waals surface area contributed by atoms with Crippen LogP contribution in [0.15, 0.2) is 12.2 Å². The fourth-order valence-electron chi connectivity index (χ4n) is 3.72. The highest BCUT2D eigenvalue weighted by Gasteiger charge is 2.55. The molecule has 2 bridgehead atoms. The first-order chi connectivity index (χ1) is 6.32. The Labute approximate surface area is 79.2 Å². The number of hydrogen-bond donors (Lipinski definition) is 0. The van der Waals surface area contributed by atoms with E-state index >= 15 is 0 Å². The minimum absolute atomic E-state index is 0.332. The summed E-state index contributed by atoms with van der Waals surface area (Å²) in [6.07, 6.45) is 12.0. The van der Waals surface area contributed by atoms with Gasteiger partial charge in [-0.05, 0) is 43.9 Å². The van der Waals surface area contributed by atoms with Crippen LogP contribution in [0.4, 0.5) is 0 Å². The average molecular weight is 176 g/mol. The Morgan fingerprint density at radius 1 is 1.38 bits per heavy atom. The van der Waals surface area contributed by atoms with Crippen molar-refractivity contribution >= 4 is 5.78 Å². The van der Waals surface area contributed by atoms with Gasteiger partial charge in [-0.2, -0.15) is 0 Å². The number of carbonyl (C=O) groups is 1. The molecule has 3 atom stereocenters. The van der Waals surface area contributed by atoms with E-state index in [2.05, 4.69) is 12.2 Å². The van der Waals surface area contributed by atoms with Crippen molar-refractivity contribution in [3.8, 4) is 0 Å². The summed E-state index contributed by atoms with van der Waals surface area (Å²) in [7, 11) is 0. The molecule has 1 nitrogen and oxygen atoms in total. The van der Waals surface area contributed by atoms with Crippen molar-refractivity contribution in [3.63, 3.8) is 0 Å². The van der Waals surface area contributed by atoms with E-state index < -0.39 is 0 Å². The standard InChI is InChI=1S/C12H16O/c13-11-9-4-5-10(11)12(8-9)6-2-1-3-7-12/h2,6,9-10H,1,3-5,7-8H2/t9-,10-,12+/m0/s1. The monoisotopic (exact) mass is 176 g/mol. The molecule has 0 N–H and O–H groups in total. The molecule has 0 aromatic rings. The minimum Gasteiger partial charge on any atom is -0.299 e. The summed E-state index contributed by atoms with van der Waals surface area (Å²) in [6.45, 7) is 0. The van der Waals surface area contributed by atoms with Crippen molar-refractivity contribution in [1.29, 1.82) is 0 Å². The summed E-state index contributed by atoms with van der Waals surface area (Å²) in [4.78, 5) is 11.8. The molecule has 0 aliphatic heterocycles. The van der Waals surface area contributed by atoms with E-state index in [9.17, 15) is 4.79 Å². The Balaban J connectivity index is 1.97. The van der Waals surface area contributed by atoms with E-state index in [4.69, 9.17) is 0 Å². The molecule has 3 aliphatic rings. The molecule has 0 heterocycles. The maximum Gasteiger partial charge on any atom is 0.139 e. The smallest absolute Gasteiger partial charge is 0.139 e. The first-order valence-electron chi connectivity index (χ1n) is 5.53. The van der Waals surface area contributed by atoms with E-state index in [1.54, 1.807) is 0 Å². The summed E-state index contributed by atoms with van der Waals surface area (Å²) in [5.74, 6) is 1.44. The number of fused-ring (bicyclic) bond motifs is 3. The van der Waals surface area contributed by atoms with E-state index in [0.29, 0.717) is 23.0 Å². The number of hydrogen-bond acceptors (Lipinski definition) is 1. The molecule has 13 heavy (non-hydrogen) atoms. The lowest BCUT2D eigenvalue weighted by molar-refractivity contribution is -0.122. The molecular formula is C12H16O. The Kier molecular flexibility index (Phi) is 1.47. The molecule has 3 aliphatic carbocycles. The number of rotatable bonds is 0. The largest absolute Gasteiger partial charge is 0.299 e. The van der Waals surface area contributed by atoms with Gasteiger partial charge in [0, 0.05) is 11.8 Å². The molecule has 3 rings (SSSR count).